The van der Waals surface area contributed by atoms with Crippen molar-refractivity contribution in [3.05, 3.63) is 33.8 Å². The third-order valence-electron chi connectivity index (χ3n) is 4.05. The molecular weight excluding hydrogens is 302 g/mol. The number of halogens is 1. The van der Waals surface area contributed by atoms with E-state index in [1.165, 1.54) is 31.2 Å². The molecule has 3 heteroatoms. The molecule has 0 aromatic heterocycles. The van der Waals surface area contributed by atoms with Crippen molar-refractivity contribution in [2.45, 2.75) is 51.5 Å². The molecular formula is C16H22BrNO. The Balaban J connectivity index is 2.13. The summed E-state index contributed by atoms with van der Waals surface area (Å²) in [7, 11) is 1.95. The molecule has 0 bridgehead atoms. The van der Waals surface area contributed by atoms with Crippen molar-refractivity contribution >= 4 is 21.8 Å². The van der Waals surface area contributed by atoms with Gasteiger partial charge in [0.15, 0.2) is 0 Å². The Morgan fingerprint density at radius 1 is 1.21 bits per heavy atom. The number of carbonyl (C=O) groups is 1. The van der Waals surface area contributed by atoms with E-state index in [2.05, 4.69) is 15.9 Å². The quantitative estimate of drug-likeness (QED) is 0.731. The van der Waals surface area contributed by atoms with Crippen molar-refractivity contribution in [1.82, 2.24) is 4.90 Å². The van der Waals surface area contributed by atoms with E-state index in [4.69, 9.17) is 0 Å². The molecule has 1 amide bonds. The summed E-state index contributed by atoms with van der Waals surface area (Å²) in [5, 5.41) is 0. The SMILES string of the molecule is Cc1ccc(C(=O)N(C)C2CCCCCC2)c(Br)c1. The lowest BCUT2D eigenvalue weighted by molar-refractivity contribution is 0.0717. The standard InChI is InChI=1S/C16H22BrNO/c1-12-9-10-14(15(17)11-12)16(19)18(2)13-7-5-3-4-6-8-13/h9-11,13H,3-8H2,1-2H3. The average Bonchev–Trinajstić information content (AvgIpc) is 2.66. The lowest BCUT2D eigenvalue weighted by Gasteiger charge is -2.27. The van der Waals surface area contributed by atoms with Gasteiger partial charge >= 0.3 is 0 Å². The molecule has 2 nitrogen and oxygen atoms in total. The Kier molecular flexibility index (Phi) is 5.03. The van der Waals surface area contributed by atoms with E-state index < -0.39 is 0 Å². The van der Waals surface area contributed by atoms with Crippen LogP contribution in [0.3, 0.4) is 0 Å². The second kappa shape index (κ2) is 6.56. The first-order valence-electron chi connectivity index (χ1n) is 7.13. The number of carbonyl (C=O) groups excluding carboxylic acids is 1. The molecule has 0 N–H and O–H groups in total. The normalized spacial score (nSPS) is 17.0. The third-order valence-corrected chi connectivity index (χ3v) is 4.70. The highest BCUT2D eigenvalue weighted by molar-refractivity contribution is 9.10. The zero-order chi connectivity index (χ0) is 13.8. The van der Waals surface area contributed by atoms with Crippen LogP contribution in [0.2, 0.25) is 0 Å². The molecule has 104 valence electrons. The Morgan fingerprint density at radius 2 is 1.84 bits per heavy atom. The molecule has 1 aromatic carbocycles. The Bertz CT molecular complexity index is 450. The summed E-state index contributed by atoms with van der Waals surface area (Å²) in [6, 6.07) is 6.34. The van der Waals surface area contributed by atoms with E-state index in [0.29, 0.717) is 6.04 Å². The van der Waals surface area contributed by atoms with Crippen molar-refractivity contribution in [3.8, 4) is 0 Å². The van der Waals surface area contributed by atoms with Gasteiger partial charge in [-0.15, -0.1) is 0 Å². The second-order valence-electron chi connectivity index (χ2n) is 5.54. The summed E-state index contributed by atoms with van der Waals surface area (Å²) in [6.45, 7) is 2.04. The molecule has 1 saturated carbocycles. The molecule has 0 atom stereocenters. The van der Waals surface area contributed by atoms with Gasteiger partial charge in [-0.1, -0.05) is 31.7 Å². The lowest BCUT2D eigenvalue weighted by Crippen LogP contribution is -2.36. The van der Waals surface area contributed by atoms with Gasteiger partial charge in [-0.25, -0.2) is 0 Å². The number of nitrogens with zero attached hydrogens (tertiary/aromatic N) is 1. The topological polar surface area (TPSA) is 20.3 Å². The molecule has 0 unspecified atom stereocenters. The van der Waals surface area contributed by atoms with Crippen LogP contribution in [0, 0.1) is 6.92 Å². The third kappa shape index (κ3) is 3.59. The molecule has 0 heterocycles. The number of hydrogen-bond acceptors (Lipinski definition) is 1. The largest absolute Gasteiger partial charge is 0.339 e. The molecule has 1 aliphatic carbocycles. The zero-order valence-electron chi connectivity index (χ0n) is 11.8. The van der Waals surface area contributed by atoms with E-state index in [1.54, 1.807) is 0 Å². The Hall–Kier alpha value is -0.830. The molecule has 0 radical (unpaired) electrons. The highest BCUT2D eigenvalue weighted by atomic mass is 79.9. The fraction of sp³-hybridized carbons (Fsp3) is 0.562. The minimum absolute atomic E-state index is 0.138. The van der Waals surface area contributed by atoms with Gasteiger partial charge in [-0.2, -0.15) is 0 Å². The summed E-state index contributed by atoms with van der Waals surface area (Å²) in [4.78, 5) is 14.5. The van der Waals surface area contributed by atoms with E-state index in [0.717, 1.165) is 22.9 Å². The summed E-state index contributed by atoms with van der Waals surface area (Å²) in [5.41, 5.74) is 1.94. The van der Waals surface area contributed by atoms with Gasteiger partial charge in [0.25, 0.3) is 5.91 Å². The molecule has 0 spiro atoms. The van der Waals surface area contributed by atoms with Gasteiger partial charge < -0.3 is 4.90 Å². The fourth-order valence-electron chi connectivity index (χ4n) is 2.79. The van der Waals surface area contributed by atoms with Crippen LogP contribution < -0.4 is 0 Å². The summed E-state index contributed by atoms with van der Waals surface area (Å²) in [5.74, 6) is 0.138. The minimum atomic E-state index is 0.138. The summed E-state index contributed by atoms with van der Waals surface area (Å²) < 4.78 is 0.901. The van der Waals surface area contributed by atoms with Gasteiger partial charge in [-0.3, -0.25) is 4.79 Å². The van der Waals surface area contributed by atoms with Crippen molar-refractivity contribution in [2.75, 3.05) is 7.05 Å². The highest BCUT2D eigenvalue weighted by Crippen LogP contribution is 2.25. The van der Waals surface area contributed by atoms with Gasteiger partial charge in [0.1, 0.15) is 0 Å². The number of hydrogen-bond donors (Lipinski definition) is 0. The van der Waals surface area contributed by atoms with Crippen LogP contribution in [-0.2, 0) is 0 Å². The molecule has 1 aliphatic rings. The number of aryl methyl sites for hydroxylation is 1. The zero-order valence-corrected chi connectivity index (χ0v) is 13.4. The second-order valence-corrected chi connectivity index (χ2v) is 6.40. The first-order valence-corrected chi connectivity index (χ1v) is 7.92. The molecule has 19 heavy (non-hydrogen) atoms. The van der Waals surface area contributed by atoms with Crippen LogP contribution in [0.5, 0.6) is 0 Å². The molecule has 0 aliphatic heterocycles. The first-order chi connectivity index (χ1) is 9.09. The van der Waals surface area contributed by atoms with Crippen LogP contribution >= 0.6 is 15.9 Å². The Labute approximate surface area is 124 Å². The number of rotatable bonds is 2. The maximum atomic E-state index is 12.6. The van der Waals surface area contributed by atoms with Crippen LogP contribution in [0.4, 0.5) is 0 Å². The van der Waals surface area contributed by atoms with E-state index >= 15 is 0 Å². The fourth-order valence-corrected chi connectivity index (χ4v) is 3.46. The number of benzene rings is 1. The van der Waals surface area contributed by atoms with E-state index in [9.17, 15) is 4.79 Å². The minimum Gasteiger partial charge on any atom is -0.339 e. The average molecular weight is 324 g/mol. The van der Waals surface area contributed by atoms with Crippen molar-refractivity contribution in [3.63, 3.8) is 0 Å². The van der Waals surface area contributed by atoms with E-state index in [1.807, 2.05) is 37.1 Å². The Morgan fingerprint density at radius 3 is 2.42 bits per heavy atom. The van der Waals surface area contributed by atoms with Crippen molar-refractivity contribution in [1.29, 1.82) is 0 Å². The summed E-state index contributed by atoms with van der Waals surface area (Å²) >= 11 is 3.51. The van der Waals surface area contributed by atoms with Gasteiger partial charge in [0.2, 0.25) is 0 Å². The van der Waals surface area contributed by atoms with Crippen LogP contribution in [0.15, 0.2) is 22.7 Å². The number of amides is 1. The predicted molar refractivity (Wildman–Crippen MR) is 82.5 cm³/mol. The lowest BCUT2D eigenvalue weighted by atomic mass is 10.1. The molecule has 1 aromatic rings. The van der Waals surface area contributed by atoms with Gasteiger partial charge in [0, 0.05) is 17.6 Å². The maximum absolute atomic E-state index is 12.6. The molecule has 0 saturated heterocycles. The van der Waals surface area contributed by atoms with Gasteiger partial charge in [-0.05, 0) is 53.4 Å². The van der Waals surface area contributed by atoms with Crippen LogP contribution in [0.25, 0.3) is 0 Å². The van der Waals surface area contributed by atoms with Crippen LogP contribution in [0.1, 0.15) is 54.4 Å². The maximum Gasteiger partial charge on any atom is 0.254 e. The molecule has 1 fully saturated rings. The highest BCUT2D eigenvalue weighted by Gasteiger charge is 2.23. The van der Waals surface area contributed by atoms with Crippen molar-refractivity contribution in [2.24, 2.45) is 0 Å². The predicted octanol–water partition coefficient (Wildman–Crippen LogP) is 4.55. The summed E-state index contributed by atoms with van der Waals surface area (Å²) in [6.07, 6.45) is 7.41. The van der Waals surface area contributed by atoms with Crippen molar-refractivity contribution < 1.29 is 4.79 Å². The van der Waals surface area contributed by atoms with E-state index in [-0.39, 0.29) is 5.91 Å². The van der Waals surface area contributed by atoms with Gasteiger partial charge in [0.05, 0.1) is 5.56 Å². The monoisotopic (exact) mass is 323 g/mol. The smallest absolute Gasteiger partial charge is 0.254 e. The first kappa shape index (κ1) is 14.6. The molecule has 2 rings (SSSR count). The van der Waals surface area contributed by atoms with Crippen LogP contribution in [-0.4, -0.2) is 23.9 Å².